The van der Waals surface area contributed by atoms with E-state index in [1.54, 1.807) is 13.0 Å². The molecule has 0 saturated heterocycles. The second-order valence-electron chi connectivity index (χ2n) is 5.58. The van der Waals surface area contributed by atoms with Crippen LogP contribution in [0.4, 0.5) is 0 Å². The van der Waals surface area contributed by atoms with Gasteiger partial charge in [-0.15, -0.1) is 0 Å². The van der Waals surface area contributed by atoms with Crippen molar-refractivity contribution in [3.8, 4) is 0 Å². The first-order valence-electron chi connectivity index (χ1n) is 6.60. The molecular formula is C16H22O4. The highest BCUT2D eigenvalue weighted by molar-refractivity contribution is 6.04. The van der Waals surface area contributed by atoms with E-state index in [9.17, 15) is 9.59 Å². The zero-order valence-corrected chi connectivity index (χ0v) is 12.7. The number of allylic oxidation sites excluding steroid dienone is 3. The summed E-state index contributed by atoms with van der Waals surface area (Å²) in [7, 11) is 0. The maximum atomic E-state index is 12.2. The van der Waals surface area contributed by atoms with Crippen LogP contribution in [0.1, 0.15) is 34.6 Å². The number of hydrogen-bond donors (Lipinski definition) is 1. The SMILES string of the molecule is CC(=O)OC1C(=O)C(C)=C(C=CC(C)=CCO)C1(C)C. The van der Waals surface area contributed by atoms with Crippen molar-refractivity contribution in [2.75, 3.05) is 6.61 Å². The molecule has 0 aromatic carbocycles. The van der Waals surface area contributed by atoms with Gasteiger partial charge in [0, 0.05) is 12.3 Å². The molecule has 0 saturated carbocycles. The lowest BCUT2D eigenvalue weighted by Crippen LogP contribution is -2.35. The van der Waals surface area contributed by atoms with Crippen LogP contribution in [0, 0.1) is 5.41 Å². The largest absolute Gasteiger partial charge is 0.453 e. The fourth-order valence-corrected chi connectivity index (χ4v) is 2.41. The number of hydrogen-bond acceptors (Lipinski definition) is 4. The molecule has 1 aliphatic carbocycles. The molecule has 0 heterocycles. The molecule has 4 heteroatoms. The lowest BCUT2D eigenvalue weighted by molar-refractivity contribution is -0.155. The van der Waals surface area contributed by atoms with Gasteiger partial charge in [-0.1, -0.05) is 37.6 Å². The summed E-state index contributed by atoms with van der Waals surface area (Å²) in [5.74, 6) is -0.598. The number of esters is 1. The van der Waals surface area contributed by atoms with Gasteiger partial charge >= 0.3 is 5.97 Å². The Morgan fingerprint density at radius 2 is 2.00 bits per heavy atom. The summed E-state index contributed by atoms with van der Waals surface area (Å²) >= 11 is 0. The molecule has 20 heavy (non-hydrogen) atoms. The summed E-state index contributed by atoms with van der Waals surface area (Å²) < 4.78 is 5.18. The number of ketones is 1. The third kappa shape index (κ3) is 3.25. The smallest absolute Gasteiger partial charge is 0.303 e. The molecule has 110 valence electrons. The number of Topliss-reactive ketones (excluding diaryl/α,β-unsaturated/α-hetero) is 1. The average Bonchev–Trinajstić information content (AvgIpc) is 2.48. The first kappa shape index (κ1) is 16.4. The molecule has 1 atom stereocenters. The Kier molecular flexibility index (Phi) is 5.06. The third-order valence-electron chi connectivity index (χ3n) is 3.57. The van der Waals surface area contributed by atoms with E-state index in [1.165, 1.54) is 6.92 Å². The van der Waals surface area contributed by atoms with E-state index in [0.29, 0.717) is 5.57 Å². The molecule has 0 aromatic heterocycles. The molecule has 1 unspecified atom stereocenters. The first-order chi connectivity index (χ1) is 9.21. The summed E-state index contributed by atoms with van der Waals surface area (Å²) in [6.07, 6.45) is 4.62. The van der Waals surface area contributed by atoms with Crippen molar-refractivity contribution in [3.05, 3.63) is 34.9 Å². The Hall–Kier alpha value is -1.68. The second-order valence-corrected chi connectivity index (χ2v) is 5.58. The molecule has 0 spiro atoms. The van der Waals surface area contributed by atoms with Gasteiger partial charge in [-0.3, -0.25) is 9.59 Å². The van der Waals surface area contributed by atoms with Gasteiger partial charge in [0.2, 0.25) is 0 Å². The molecule has 4 nitrogen and oxygen atoms in total. The van der Waals surface area contributed by atoms with Gasteiger partial charge in [-0.25, -0.2) is 0 Å². The van der Waals surface area contributed by atoms with Gasteiger partial charge in [-0.05, 0) is 25.0 Å². The van der Waals surface area contributed by atoms with E-state index < -0.39 is 17.5 Å². The Labute approximate surface area is 119 Å². The van der Waals surface area contributed by atoms with E-state index >= 15 is 0 Å². The quantitative estimate of drug-likeness (QED) is 0.633. The first-order valence-corrected chi connectivity index (χ1v) is 6.60. The van der Waals surface area contributed by atoms with Gasteiger partial charge in [0.05, 0.1) is 6.61 Å². The Morgan fingerprint density at radius 3 is 2.50 bits per heavy atom. The van der Waals surface area contributed by atoms with Crippen molar-refractivity contribution in [2.24, 2.45) is 5.41 Å². The summed E-state index contributed by atoms with van der Waals surface area (Å²) in [6.45, 7) is 8.68. The number of rotatable bonds is 4. The summed E-state index contributed by atoms with van der Waals surface area (Å²) in [5.41, 5.74) is 1.84. The number of carbonyl (C=O) groups excluding carboxylic acids is 2. The second kappa shape index (κ2) is 6.18. The van der Waals surface area contributed by atoms with Gasteiger partial charge in [-0.2, -0.15) is 0 Å². The molecule has 1 N–H and O–H groups in total. The number of ether oxygens (including phenoxy) is 1. The van der Waals surface area contributed by atoms with Crippen LogP contribution in [0.2, 0.25) is 0 Å². The van der Waals surface area contributed by atoms with Crippen molar-refractivity contribution in [2.45, 2.75) is 40.7 Å². The van der Waals surface area contributed by atoms with E-state index in [1.807, 2.05) is 32.9 Å². The topological polar surface area (TPSA) is 63.6 Å². The predicted molar refractivity (Wildman–Crippen MR) is 77.0 cm³/mol. The lowest BCUT2D eigenvalue weighted by atomic mass is 9.82. The minimum absolute atomic E-state index is 0.0212. The maximum Gasteiger partial charge on any atom is 0.303 e. The van der Waals surface area contributed by atoms with Crippen LogP contribution < -0.4 is 0 Å². The van der Waals surface area contributed by atoms with Crippen molar-refractivity contribution in [3.63, 3.8) is 0 Å². The molecule has 0 aromatic rings. The van der Waals surface area contributed by atoms with Crippen molar-refractivity contribution in [1.82, 2.24) is 0 Å². The predicted octanol–water partition coefficient (Wildman–Crippen LogP) is 2.34. The third-order valence-corrected chi connectivity index (χ3v) is 3.57. The van der Waals surface area contributed by atoms with Crippen LogP contribution in [0.5, 0.6) is 0 Å². The molecular weight excluding hydrogens is 256 g/mol. The van der Waals surface area contributed by atoms with E-state index in [-0.39, 0.29) is 12.4 Å². The zero-order valence-electron chi connectivity index (χ0n) is 12.7. The summed E-state index contributed by atoms with van der Waals surface area (Å²) in [5, 5.41) is 8.83. The van der Waals surface area contributed by atoms with Gasteiger partial charge in [0.25, 0.3) is 0 Å². The highest BCUT2D eigenvalue weighted by Gasteiger charge is 2.47. The average molecular weight is 278 g/mol. The highest BCUT2D eigenvalue weighted by atomic mass is 16.5. The van der Waals surface area contributed by atoms with Crippen LogP contribution in [-0.2, 0) is 14.3 Å². The van der Waals surface area contributed by atoms with Crippen LogP contribution in [0.15, 0.2) is 34.9 Å². The number of aliphatic hydroxyl groups excluding tert-OH is 1. The minimum Gasteiger partial charge on any atom is -0.453 e. The van der Waals surface area contributed by atoms with Gasteiger partial charge < -0.3 is 9.84 Å². The molecule has 0 aliphatic heterocycles. The normalized spacial score (nSPS) is 22.8. The van der Waals surface area contributed by atoms with Crippen LogP contribution >= 0.6 is 0 Å². The van der Waals surface area contributed by atoms with E-state index in [4.69, 9.17) is 9.84 Å². The fourth-order valence-electron chi connectivity index (χ4n) is 2.41. The maximum absolute atomic E-state index is 12.2. The summed E-state index contributed by atoms with van der Waals surface area (Å²) in [4.78, 5) is 23.4. The van der Waals surface area contributed by atoms with Crippen LogP contribution in [0.25, 0.3) is 0 Å². The zero-order chi connectivity index (χ0) is 15.5. The molecule has 1 rings (SSSR count). The Morgan fingerprint density at radius 1 is 1.40 bits per heavy atom. The standard InChI is InChI=1S/C16H22O4/c1-10(8-9-17)6-7-13-11(2)14(19)15(16(13,4)5)20-12(3)18/h6-8,15,17H,9H2,1-5H3. The number of aliphatic hydroxyl groups is 1. The van der Waals surface area contributed by atoms with Crippen molar-refractivity contribution >= 4 is 11.8 Å². The Balaban J connectivity index is 3.10. The Bertz CT molecular complexity index is 507. The molecule has 0 fully saturated rings. The lowest BCUT2D eigenvalue weighted by Gasteiger charge is -2.27. The fraction of sp³-hybridized carbons (Fsp3) is 0.500. The number of carbonyl (C=O) groups is 2. The highest BCUT2D eigenvalue weighted by Crippen LogP contribution is 2.43. The van der Waals surface area contributed by atoms with Crippen molar-refractivity contribution < 1.29 is 19.4 Å². The van der Waals surface area contributed by atoms with Crippen LogP contribution in [-0.4, -0.2) is 29.6 Å². The summed E-state index contributed by atoms with van der Waals surface area (Å²) in [6, 6.07) is 0. The molecule has 0 amide bonds. The minimum atomic E-state index is -0.762. The molecule has 0 bridgehead atoms. The van der Waals surface area contributed by atoms with Crippen molar-refractivity contribution in [1.29, 1.82) is 0 Å². The van der Waals surface area contributed by atoms with E-state index in [2.05, 4.69) is 0 Å². The van der Waals surface area contributed by atoms with E-state index in [0.717, 1.165) is 11.1 Å². The molecule has 1 aliphatic rings. The monoisotopic (exact) mass is 278 g/mol. The van der Waals surface area contributed by atoms with Gasteiger partial charge in [0.15, 0.2) is 11.9 Å². The molecule has 0 radical (unpaired) electrons. The van der Waals surface area contributed by atoms with Crippen LogP contribution in [0.3, 0.4) is 0 Å². The van der Waals surface area contributed by atoms with Gasteiger partial charge in [0.1, 0.15) is 0 Å².